The van der Waals surface area contributed by atoms with Gasteiger partial charge < -0.3 is 9.84 Å². The van der Waals surface area contributed by atoms with Gasteiger partial charge in [0, 0.05) is 0 Å². The molecule has 0 spiro atoms. The fraction of sp³-hybridized carbons (Fsp3) is 0. The quantitative estimate of drug-likeness (QED) is 0.731. The van der Waals surface area contributed by atoms with E-state index >= 15 is 0 Å². The van der Waals surface area contributed by atoms with Crippen molar-refractivity contribution in [3.63, 3.8) is 0 Å². The Hall–Kier alpha value is -2.74. The Kier molecular flexibility index (Phi) is 3.38. The van der Waals surface area contributed by atoms with E-state index in [0.29, 0.717) is 11.5 Å². The molecule has 0 radical (unpaired) electrons. The summed E-state index contributed by atoms with van der Waals surface area (Å²) < 4.78 is 5.65. The monoisotopic (exact) mass is 262 g/mol. The van der Waals surface area contributed by atoms with Gasteiger partial charge in [0.05, 0.1) is 0 Å². The van der Waals surface area contributed by atoms with Crippen LogP contribution < -0.4 is 4.74 Å². The number of hydrogen-bond donors (Lipinski definition) is 1. The van der Waals surface area contributed by atoms with Crippen molar-refractivity contribution in [3.8, 4) is 28.4 Å². The van der Waals surface area contributed by atoms with Crippen molar-refractivity contribution < 1.29 is 9.84 Å². The van der Waals surface area contributed by atoms with Gasteiger partial charge in [0.2, 0.25) is 0 Å². The lowest BCUT2D eigenvalue weighted by atomic mass is 10.1. The summed E-state index contributed by atoms with van der Waals surface area (Å²) in [5.74, 6) is 1.30. The molecule has 0 aromatic heterocycles. The Labute approximate surface area is 117 Å². The van der Waals surface area contributed by atoms with Crippen LogP contribution in [0.15, 0.2) is 78.9 Å². The van der Waals surface area contributed by atoms with Crippen molar-refractivity contribution in [2.45, 2.75) is 0 Å². The molecular formula is C18H14O2. The molecule has 0 aliphatic heterocycles. The number of phenols is 1. The molecule has 2 nitrogen and oxygen atoms in total. The smallest absolute Gasteiger partial charge is 0.169 e. The molecule has 1 N–H and O–H groups in total. The van der Waals surface area contributed by atoms with Gasteiger partial charge in [0.15, 0.2) is 11.5 Å². The fourth-order valence-electron chi connectivity index (χ4n) is 2.02. The standard InChI is InChI=1S/C18H14O2/c19-17-8-4-5-9-18(17)20-16-12-10-15(11-13-16)14-6-2-1-3-7-14/h1-13,19H. The largest absolute Gasteiger partial charge is 0.504 e. The maximum Gasteiger partial charge on any atom is 0.169 e. The summed E-state index contributed by atoms with van der Waals surface area (Å²) >= 11 is 0. The second-order valence-corrected chi connectivity index (χ2v) is 4.46. The molecule has 0 aliphatic rings. The number of hydrogen-bond acceptors (Lipinski definition) is 2. The van der Waals surface area contributed by atoms with Crippen LogP contribution in [0.1, 0.15) is 0 Å². The second-order valence-electron chi connectivity index (χ2n) is 4.46. The molecule has 98 valence electrons. The highest BCUT2D eigenvalue weighted by molar-refractivity contribution is 5.64. The molecule has 3 aromatic carbocycles. The molecule has 0 heterocycles. The topological polar surface area (TPSA) is 29.5 Å². The molecule has 0 amide bonds. The molecule has 0 atom stereocenters. The molecule has 0 bridgehead atoms. The number of ether oxygens (including phenoxy) is 1. The molecular weight excluding hydrogens is 248 g/mol. The average Bonchev–Trinajstić information content (AvgIpc) is 2.51. The lowest BCUT2D eigenvalue weighted by molar-refractivity contribution is 0.411. The van der Waals surface area contributed by atoms with Gasteiger partial charge in [0.25, 0.3) is 0 Å². The zero-order valence-corrected chi connectivity index (χ0v) is 10.9. The number of phenolic OH excluding ortho intramolecular Hbond substituents is 1. The average molecular weight is 262 g/mol. The molecule has 0 saturated carbocycles. The minimum Gasteiger partial charge on any atom is -0.504 e. The lowest BCUT2D eigenvalue weighted by Crippen LogP contribution is -1.85. The molecule has 20 heavy (non-hydrogen) atoms. The Bertz CT molecular complexity index is 688. The van der Waals surface area contributed by atoms with Gasteiger partial charge in [-0.05, 0) is 35.4 Å². The normalized spacial score (nSPS) is 10.2. The summed E-state index contributed by atoms with van der Waals surface area (Å²) in [6, 6.07) is 24.9. The van der Waals surface area contributed by atoms with E-state index in [-0.39, 0.29) is 5.75 Å². The summed E-state index contributed by atoms with van der Waals surface area (Å²) in [6.07, 6.45) is 0. The van der Waals surface area contributed by atoms with Gasteiger partial charge in [-0.25, -0.2) is 0 Å². The van der Waals surface area contributed by atoms with Gasteiger partial charge in [-0.15, -0.1) is 0 Å². The van der Waals surface area contributed by atoms with Crippen molar-refractivity contribution >= 4 is 0 Å². The van der Waals surface area contributed by atoms with E-state index in [4.69, 9.17) is 4.74 Å². The van der Waals surface area contributed by atoms with E-state index in [1.807, 2.05) is 48.5 Å². The number of para-hydroxylation sites is 2. The van der Waals surface area contributed by atoms with Crippen molar-refractivity contribution in [1.82, 2.24) is 0 Å². The fourth-order valence-corrected chi connectivity index (χ4v) is 2.02. The van der Waals surface area contributed by atoms with E-state index in [2.05, 4.69) is 12.1 Å². The van der Waals surface area contributed by atoms with Crippen molar-refractivity contribution in [2.24, 2.45) is 0 Å². The minimum absolute atomic E-state index is 0.139. The third-order valence-corrected chi connectivity index (χ3v) is 3.05. The van der Waals surface area contributed by atoms with Crippen LogP contribution in [0.3, 0.4) is 0 Å². The van der Waals surface area contributed by atoms with E-state index in [9.17, 15) is 5.11 Å². The number of aromatic hydroxyl groups is 1. The van der Waals surface area contributed by atoms with Crippen LogP contribution in [0.5, 0.6) is 17.2 Å². The summed E-state index contributed by atoms with van der Waals surface area (Å²) in [6.45, 7) is 0. The first-order valence-corrected chi connectivity index (χ1v) is 6.44. The predicted molar refractivity (Wildman–Crippen MR) is 80.1 cm³/mol. The van der Waals surface area contributed by atoms with Crippen molar-refractivity contribution in [2.75, 3.05) is 0 Å². The van der Waals surface area contributed by atoms with E-state index in [0.717, 1.165) is 5.56 Å². The molecule has 0 unspecified atom stereocenters. The third-order valence-electron chi connectivity index (χ3n) is 3.05. The molecule has 0 saturated heterocycles. The van der Waals surface area contributed by atoms with Crippen LogP contribution in [0.25, 0.3) is 11.1 Å². The first-order valence-electron chi connectivity index (χ1n) is 6.44. The van der Waals surface area contributed by atoms with Gasteiger partial charge in [-0.3, -0.25) is 0 Å². The highest BCUT2D eigenvalue weighted by Crippen LogP contribution is 2.31. The molecule has 3 aromatic rings. The summed E-state index contributed by atoms with van der Waals surface area (Å²) in [5.41, 5.74) is 2.30. The first kappa shape index (κ1) is 12.3. The van der Waals surface area contributed by atoms with Crippen LogP contribution in [-0.4, -0.2) is 5.11 Å². The Balaban J connectivity index is 1.82. The van der Waals surface area contributed by atoms with Crippen LogP contribution >= 0.6 is 0 Å². The lowest BCUT2D eigenvalue weighted by Gasteiger charge is -2.08. The van der Waals surface area contributed by atoms with E-state index < -0.39 is 0 Å². The molecule has 0 fully saturated rings. The zero-order chi connectivity index (χ0) is 13.8. The van der Waals surface area contributed by atoms with Crippen molar-refractivity contribution in [3.05, 3.63) is 78.9 Å². The second kappa shape index (κ2) is 5.49. The van der Waals surface area contributed by atoms with E-state index in [1.54, 1.807) is 18.2 Å². The van der Waals surface area contributed by atoms with Crippen LogP contribution in [-0.2, 0) is 0 Å². The molecule has 3 rings (SSSR count). The molecule has 0 aliphatic carbocycles. The van der Waals surface area contributed by atoms with Gasteiger partial charge in [-0.1, -0.05) is 54.6 Å². The summed E-state index contributed by atoms with van der Waals surface area (Å²) in [5, 5.41) is 9.68. The molecule has 2 heteroatoms. The van der Waals surface area contributed by atoms with Gasteiger partial charge in [0.1, 0.15) is 5.75 Å². The summed E-state index contributed by atoms with van der Waals surface area (Å²) in [4.78, 5) is 0. The first-order chi connectivity index (χ1) is 9.83. The third kappa shape index (κ3) is 2.64. The summed E-state index contributed by atoms with van der Waals surface area (Å²) in [7, 11) is 0. The minimum atomic E-state index is 0.139. The predicted octanol–water partition coefficient (Wildman–Crippen LogP) is 4.85. The Morgan fingerprint density at radius 1 is 0.600 bits per heavy atom. The van der Waals surface area contributed by atoms with Gasteiger partial charge >= 0.3 is 0 Å². The number of benzene rings is 3. The van der Waals surface area contributed by atoms with Crippen LogP contribution in [0.2, 0.25) is 0 Å². The maximum atomic E-state index is 9.68. The van der Waals surface area contributed by atoms with Crippen LogP contribution in [0.4, 0.5) is 0 Å². The Morgan fingerprint density at radius 2 is 1.20 bits per heavy atom. The SMILES string of the molecule is Oc1ccccc1Oc1ccc(-c2ccccc2)cc1. The van der Waals surface area contributed by atoms with Crippen LogP contribution in [0, 0.1) is 0 Å². The maximum absolute atomic E-state index is 9.68. The highest BCUT2D eigenvalue weighted by Gasteiger charge is 2.03. The van der Waals surface area contributed by atoms with Crippen molar-refractivity contribution in [1.29, 1.82) is 0 Å². The zero-order valence-electron chi connectivity index (χ0n) is 10.9. The highest BCUT2D eigenvalue weighted by atomic mass is 16.5. The number of rotatable bonds is 3. The Morgan fingerprint density at radius 3 is 1.90 bits per heavy atom. The van der Waals surface area contributed by atoms with Gasteiger partial charge in [-0.2, -0.15) is 0 Å². The van der Waals surface area contributed by atoms with E-state index in [1.165, 1.54) is 5.56 Å².